The molecule has 0 aliphatic heterocycles. The van der Waals surface area contributed by atoms with Gasteiger partial charge in [0, 0.05) is 24.3 Å². The Morgan fingerprint density at radius 1 is 1.62 bits per heavy atom. The summed E-state index contributed by atoms with van der Waals surface area (Å²) in [6, 6.07) is 1.72. The number of hydrogen-bond acceptors (Lipinski definition) is 2. The van der Waals surface area contributed by atoms with E-state index in [0.717, 1.165) is 0 Å². The van der Waals surface area contributed by atoms with Gasteiger partial charge in [0.05, 0.1) is 5.02 Å². The van der Waals surface area contributed by atoms with Crippen molar-refractivity contribution >= 4 is 11.6 Å². The Morgan fingerprint density at radius 3 is 2.69 bits per heavy atom. The van der Waals surface area contributed by atoms with Crippen LogP contribution in [0, 0.1) is 0 Å². The van der Waals surface area contributed by atoms with Crippen LogP contribution >= 0.6 is 11.6 Å². The van der Waals surface area contributed by atoms with Crippen LogP contribution in [0.3, 0.4) is 0 Å². The van der Waals surface area contributed by atoms with Crippen molar-refractivity contribution in [2.24, 2.45) is 5.73 Å². The maximum Gasteiger partial charge on any atom is 0.255 e. The lowest BCUT2D eigenvalue weighted by Gasteiger charge is -2.11. The molecule has 0 saturated carbocycles. The number of nitrogens with two attached hydrogens (primary N) is 1. The Morgan fingerprint density at radius 2 is 2.23 bits per heavy atom. The average molecular weight is 201 g/mol. The molecule has 0 aromatic carbocycles. The Kier molecular flexibility index (Phi) is 3.12. The van der Waals surface area contributed by atoms with Crippen molar-refractivity contribution in [1.29, 1.82) is 0 Å². The first-order valence-electron chi connectivity index (χ1n) is 4.17. The van der Waals surface area contributed by atoms with E-state index in [0.29, 0.717) is 10.6 Å². The zero-order valence-corrected chi connectivity index (χ0v) is 8.51. The molecule has 1 rings (SSSR count). The quantitative estimate of drug-likeness (QED) is 0.788. The molecule has 0 saturated heterocycles. The summed E-state index contributed by atoms with van der Waals surface area (Å²) in [5.74, 6) is 0. The smallest absolute Gasteiger partial charge is 0.255 e. The molecule has 0 aliphatic rings. The minimum absolute atomic E-state index is 0.0538. The van der Waals surface area contributed by atoms with Gasteiger partial charge in [-0.1, -0.05) is 11.6 Å². The number of halogens is 1. The Balaban J connectivity index is 3.36. The Labute approximate surface area is 82.1 Å². The Hall–Kier alpha value is -0.800. The molecule has 1 aromatic heterocycles. The molecule has 0 fully saturated rings. The molecule has 4 heteroatoms. The second-order valence-electron chi connectivity index (χ2n) is 3.19. The van der Waals surface area contributed by atoms with Gasteiger partial charge < -0.3 is 10.3 Å². The molecule has 0 radical (unpaired) electrons. The minimum atomic E-state index is -0.0538. The summed E-state index contributed by atoms with van der Waals surface area (Å²) in [7, 11) is 0. The molecule has 0 unspecified atom stereocenters. The SMILES string of the molecule is CC(C)n1cc(Cl)cc(CN)c1=O. The molecule has 13 heavy (non-hydrogen) atoms. The molecular formula is C9H13ClN2O. The van der Waals surface area contributed by atoms with Crippen molar-refractivity contribution in [2.45, 2.75) is 26.4 Å². The molecule has 3 nitrogen and oxygen atoms in total. The molecule has 2 N–H and O–H groups in total. The summed E-state index contributed by atoms with van der Waals surface area (Å²) in [6.45, 7) is 4.09. The minimum Gasteiger partial charge on any atom is -0.326 e. The third-order valence-electron chi connectivity index (χ3n) is 1.86. The topological polar surface area (TPSA) is 48.0 Å². The zero-order valence-electron chi connectivity index (χ0n) is 7.75. The average Bonchev–Trinajstić information content (AvgIpc) is 2.08. The highest BCUT2D eigenvalue weighted by Crippen LogP contribution is 2.10. The molecule has 1 aromatic rings. The maximum atomic E-state index is 11.6. The predicted octanol–water partition coefficient (Wildman–Crippen LogP) is 1.54. The largest absolute Gasteiger partial charge is 0.326 e. The molecule has 0 bridgehead atoms. The molecule has 0 atom stereocenters. The van der Waals surface area contributed by atoms with Crippen LogP contribution in [-0.4, -0.2) is 4.57 Å². The van der Waals surface area contributed by atoms with Crippen molar-refractivity contribution in [3.8, 4) is 0 Å². The van der Waals surface area contributed by atoms with Crippen LogP contribution in [0.5, 0.6) is 0 Å². The molecule has 0 aliphatic carbocycles. The lowest BCUT2D eigenvalue weighted by molar-refractivity contribution is 0.573. The van der Waals surface area contributed by atoms with E-state index in [1.807, 2.05) is 13.8 Å². The van der Waals surface area contributed by atoms with Crippen molar-refractivity contribution in [3.05, 3.63) is 33.2 Å². The zero-order chi connectivity index (χ0) is 10.0. The van der Waals surface area contributed by atoms with Gasteiger partial charge in [0.25, 0.3) is 5.56 Å². The van der Waals surface area contributed by atoms with E-state index < -0.39 is 0 Å². The number of rotatable bonds is 2. The van der Waals surface area contributed by atoms with Crippen molar-refractivity contribution in [1.82, 2.24) is 4.57 Å². The van der Waals surface area contributed by atoms with Gasteiger partial charge in [-0.3, -0.25) is 4.79 Å². The van der Waals surface area contributed by atoms with Gasteiger partial charge in [-0.05, 0) is 19.9 Å². The van der Waals surface area contributed by atoms with Gasteiger partial charge in [0.15, 0.2) is 0 Å². The Bertz CT molecular complexity index is 357. The van der Waals surface area contributed by atoms with Gasteiger partial charge in [0.2, 0.25) is 0 Å². The van der Waals surface area contributed by atoms with Crippen molar-refractivity contribution < 1.29 is 0 Å². The fourth-order valence-corrected chi connectivity index (χ4v) is 1.39. The van der Waals surface area contributed by atoms with Crippen LogP contribution < -0.4 is 11.3 Å². The fourth-order valence-electron chi connectivity index (χ4n) is 1.15. The molecule has 72 valence electrons. The normalized spacial score (nSPS) is 10.8. The van der Waals surface area contributed by atoms with Crippen molar-refractivity contribution in [3.63, 3.8) is 0 Å². The highest BCUT2D eigenvalue weighted by atomic mass is 35.5. The van der Waals surface area contributed by atoms with Gasteiger partial charge in [0.1, 0.15) is 0 Å². The van der Waals surface area contributed by atoms with E-state index in [-0.39, 0.29) is 18.1 Å². The third-order valence-corrected chi connectivity index (χ3v) is 2.07. The first-order valence-corrected chi connectivity index (χ1v) is 4.54. The summed E-state index contributed by atoms with van der Waals surface area (Å²) in [6.07, 6.45) is 1.63. The highest BCUT2D eigenvalue weighted by molar-refractivity contribution is 6.30. The second kappa shape index (κ2) is 3.94. The molecule has 1 heterocycles. The lowest BCUT2D eigenvalue weighted by atomic mass is 10.2. The molecule has 0 spiro atoms. The summed E-state index contributed by atoms with van der Waals surface area (Å²) in [5, 5.41) is 0.550. The van der Waals surface area contributed by atoms with Crippen molar-refractivity contribution in [2.75, 3.05) is 0 Å². The van der Waals surface area contributed by atoms with Crippen LogP contribution in [0.4, 0.5) is 0 Å². The maximum absolute atomic E-state index is 11.6. The third kappa shape index (κ3) is 2.11. The van der Waals surface area contributed by atoms with Gasteiger partial charge in [-0.15, -0.1) is 0 Å². The van der Waals surface area contributed by atoms with E-state index in [1.54, 1.807) is 16.8 Å². The number of nitrogens with zero attached hydrogens (tertiary/aromatic N) is 1. The van der Waals surface area contributed by atoms with Crippen LogP contribution in [0.25, 0.3) is 0 Å². The number of aromatic nitrogens is 1. The first kappa shape index (κ1) is 10.3. The van der Waals surface area contributed by atoms with E-state index in [1.165, 1.54) is 0 Å². The summed E-state index contributed by atoms with van der Waals surface area (Å²) >= 11 is 5.83. The molecular weight excluding hydrogens is 188 g/mol. The fraction of sp³-hybridized carbons (Fsp3) is 0.444. The van der Waals surface area contributed by atoms with E-state index >= 15 is 0 Å². The van der Waals surface area contributed by atoms with Crippen LogP contribution in [0.15, 0.2) is 17.1 Å². The van der Waals surface area contributed by atoms with E-state index in [4.69, 9.17) is 17.3 Å². The van der Waals surface area contributed by atoms with Gasteiger partial charge in [-0.2, -0.15) is 0 Å². The van der Waals surface area contributed by atoms with Crippen LogP contribution in [-0.2, 0) is 6.54 Å². The molecule has 0 amide bonds. The summed E-state index contributed by atoms with van der Waals surface area (Å²) in [4.78, 5) is 11.6. The monoisotopic (exact) mass is 200 g/mol. The standard InChI is InChI=1S/C9H13ClN2O/c1-6(2)12-5-8(10)3-7(4-11)9(12)13/h3,5-6H,4,11H2,1-2H3. The first-order chi connectivity index (χ1) is 6.06. The highest BCUT2D eigenvalue weighted by Gasteiger charge is 2.06. The summed E-state index contributed by atoms with van der Waals surface area (Å²) in [5.41, 5.74) is 5.92. The number of hydrogen-bond donors (Lipinski definition) is 1. The van der Waals surface area contributed by atoms with Crippen LogP contribution in [0.2, 0.25) is 5.02 Å². The lowest BCUT2D eigenvalue weighted by Crippen LogP contribution is -2.26. The predicted molar refractivity (Wildman–Crippen MR) is 54.0 cm³/mol. The van der Waals surface area contributed by atoms with E-state index in [9.17, 15) is 4.79 Å². The number of pyridine rings is 1. The van der Waals surface area contributed by atoms with Gasteiger partial charge >= 0.3 is 0 Å². The second-order valence-corrected chi connectivity index (χ2v) is 3.63. The van der Waals surface area contributed by atoms with E-state index in [2.05, 4.69) is 0 Å². The summed E-state index contributed by atoms with van der Waals surface area (Å²) < 4.78 is 1.59. The van der Waals surface area contributed by atoms with Crippen LogP contribution in [0.1, 0.15) is 25.5 Å². The van der Waals surface area contributed by atoms with Gasteiger partial charge in [-0.25, -0.2) is 0 Å².